The molecule has 0 saturated carbocycles. The lowest BCUT2D eigenvalue weighted by molar-refractivity contribution is 0.102. The van der Waals surface area contributed by atoms with Crippen LogP contribution in [0.25, 0.3) is 10.9 Å². The summed E-state index contributed by atoms with van der Waals surface area (Å²) in [6.07, 6.45) is 3.60. The molecule has 9 heteroatoms. The van der Waals surface area contributed by atoms with E-state index >= 15 is 0 Å². The first-order valence-electron chi connectivity index (χ1n) is 8.80. The van der Waals surface area contributed by atoms with Crippen molar-refractivity contribution >= 4 is 40.6 Å². The van der Waals surface area contributed by atoms with Crippen molar-refractivity contribution in [2.45, 2.75) is 5.16 Å². The number of carbonyl (C=O) groups is 1. The van der Waals surface area contributed by atoms with Crippen LogP contribution in [0.2, 0.25) is 0 Å². The Balaban J connectivity index is 1.33. The number of ether oxygens (including phenoxy) is 1. The number of H-pyrrole nitrogens is 2. The molecule has 2 aromatic carbocycles. The van der Waals surface area contributed by atoms with E-state index in [4.69, 9.17) is 4.74 Å². The zero-order valence-electron chi connectivity index (χ0n) is 15.5. The molecular weight excluding hydrogens is 388 g/mol. The third-order valence-corrected chi connectivity index (χ3v) is 5.03. The Hall–Kier alpha value is -3.59. The topological polar surface area (TPSA) is 108 Å². The van der Waals surface area contributed by atoms with Gasteiger partial charge in [-0.2, -0.15) is 10.1 Å². The number of methoxy groups -OCH3 is 1. The molecule has 0 fully saturated rings. The second kappa shape index (κ2) is 8.61. The number of thioether (sulfide) groups is 1. The van der Waals surface area contributed by atoms with Crippen LogP contribution in [0.5, 0.6) is 5.75 Å². The molecule has 4 aromatic rings. The quantitative estimate of drug-likeness (QED) is 0.178. The lowest BCUT2D eigenvalue weighted by Gasteiger charge is -2.02. The molecule has 0 aliphatic heterocycles. The van der Waals surface area contributed by atoms with Gasteiger partial charge in [-0.3, -0.25) is 4.79 Å². The van der Waals surface area contributed by atoms with Crippen LogP contribution >= 0.6 is 11.8 Å². The molecule has 0 atom stereocenters. The summed E-state index contributed by atoms with van der Waals surface area (Å²) in [5.74, 6) is 1.25. The zero-order chi connectivity index (χ0) is 20.1. The predicted octanol–water partition coefficient (Wildman–Crippen LogP) is 3.72. The molecule has 0 radical (unpaired) electrons. The number of nitrogens with one attached hydrogen (secondary N) is 3. The van der Waals surface area contributed by atoms with E-state index in [1.54, 1.807) is 37.6 Å². The van der Waals surface area contributed by atoms with E-state index in [-0.39, 0.29) is 11.5 Å². The maximum atomic E-state index is 12.3. The number of aromatic nitrogens is 4. The van der Waals surface area contributed by atoms with E-state index < -0.39 is 0 Å². The van der Waals surface area contributed by atoms with Gasteiger partial charge in [-0.1, -0.05) is 42.1 Å². The molecule has 2 aromatic heterocycles. The fourth-order valence-electron chi connectivity index (χ4n) is 2.73. The molecule has 0 unspecified atom stereocenters. The van der Waals surface area contributed by atoms with E-state index in [1.165, 1.54) is 11.8 Å². The van der Waals surface area contributed by atoms with Crippen LogP contribution < -0.4 is 10.2 Å². The summed E-state index contributed by atoms with van der Waals surface area (Å²) in [6.45, 7) is 0. The molecule has 29 heavy (non-hydrogen) atoms. The van der Waals surface area contributed by atoms with Gasteiger partial charge in [-0.25, -0.2) is 10.5 Å². The molecule has 0 aliphatic carbocycles. The number of ketones is 1. The molecule has 8 nitrogen and oxygen atoms in total. The lowest BCUT2D eigenvalue weighted by Crippen LogP contribution is -2.02. The first kappa shape index (κ1) is 18.8. The summed E-state index contributed by atoms with van der Waals surface area (Å²) in [6, 6.07) is 15.1. The second-order valence-electron chi connectivity index (χ2n) is 6.07. The Morgan fingerprint density at radius 2 is 2.17 bits per heavy atom. The monoisotopic (exact) mass is 406 g/mol. The van der Waals surface area contributed by atoms with Crippen LogP contribution in [-0.2, 0) is 0 Å². The highest BCUT2D eigenvalue weighted by Crippen LogP contribution is 2.19. The smallest absolute Gasteiger partial charge is 0.240 e. The van der Waals surface area contributed by atoms with Gasteiger partial charge < -0.3 is 9.72 Å². The number of para-hydroxylation sites is 1. The summed E-state index contributed by atoms with van der Waals surface area (Å²) < 4.78 is 5.15. The van der Waals surface area contributed by atoms with Gasteiger partial charge in [0.2, 0.25) is 11.1 Å². The summed E-state index contributed by atoms with van der Waals surface area (Å²) in [4.78, 5) is 19.8. The molecule has 146 valence electrons. The van der Waals surface area contributed by atoms with Gasteiger partial charge in [0.05, 0.1) is 19.1 Å². The minimum Gasteiger partial charge on any atom is -0.497 e. The third-order valence-electron chi connectivity index (χ3n) is 4.18. The predicted molar refractivity (Wildman–Crippen MR) is 114 cm³/mol. The number of nitrogens with zero attached hydrogens (tertiary/aromatic N) is 3. The number of fused-ring (bicyclic) bond motifs is 1. The Morgan fingerprint density at radius 1 is 1.28 bits per heavy atom. The first-order valence-corrected chi connectivity index (χ1v) is 9.79. The summed E-state index contributed by atoms with van der Waals surface area (Å²) in [7, 11) is 1.57. The highest BCUT2D eigenvalue weighted by atomic mass is 32.2. The van der Waals surface area contributed by atoms with Crippen LogP contribution in [0.3, 0.4) is 0 Å². The second-order valence-corrected chi connectivity index (χ2v) is 7.01. The van der Waals surface area contributed by atoms with Crippen molar-refractivity contribution < 1.29 is 9.53 Å². The van der Waals surface area contributed by atoms with Crippen molar-refractivity contribution in [3.63, 3.8) is 0 Å². The number of aromatic amines is 2. The number of anilines is 1. The van der Waals surface area contributed by atoms with Crippen molar-refractivity contribution in [1.82, 2.24) is 20.2 Å². The van der Waals surface area contributed by atoms with Gasteiger partial charge in [0.1, 0.15) is 5.75 Å². The minimum absolute atomic E-state index is 0.0226. The lowest BCUT2D eigenvalue weighted by atomic mass is 10.1. The van der Waals surface area contributed by atoms with Gasteiger partial charge in [0, 0.05) is 28.2 Å². The fraction of sp³-hybridized carbons (Fsp3) is 0.100. The Kier molecular flexibility index (Phi) is 5.57. The molecule has 0 amide bonds. The zero-order valence-corrected chi connectivity index (χ0v) is 16.4. The van der Waals surface area contributed by atoms with Gasteiger partial charge in [-0.15, -0.1) is 5.10 Å². The summed E-state index contributed by atoms with van der Waals surface area (Å²) in [5.41, 5.74) is 5.42. The summed E-state index contributed by atoms with van der Waals surface area (Å²) in [5, 5.41) is 12.6. The minimum atomic E-state index is -0.0226. The number of hydrogen-bond acceptors (Lipinski definition) is 7. The molecular formula is C20H18N6O2S. The van der Waals surface area contributed by atoms with Crippen LogP contribution in [0.1, 0.15) is 15.9 Å². The molecule has 0 aliphatic rings. The van der Waals surface area contributed by atoms with Crippen LogP contribution in [0.15, 0.2) is 65.0 Å². The molecule has 2 heterocycles. The Bertz CT molecular complexity index is 1170. The van der Waals surface area contributed by atoms with E-state index in [0.29, 0.717) is 22.4 Å². The first-order chi connectivity index (χ1) is 14.2. The molecule has 4 rings (SSSR count). The number of rotatable bonds is 8. The van der Waals surface area contributed by atoms with Gasteiger partial charge in [0.15, 0.2) is 5.78 Å². The molecule has 0 saturated heterocycles. The maximum Gasteiger partial charge on any atom is 0.240 e. The van der Waals surface area contributed by atoms with E-state index in [9.17, 15) is 4.79 Å². The van der Waals surface area contributed by atoms with Crippen LogP contribution in [0.4, 0.5) is 5.95 Å². The molecule has 0 bridgehead atoms. The normalized spacial score (nSPS) is 11.2. The van der Waals surface area contributed by atoms with E-state index in [1.807, 2.05) is 30.5 Å². The van der Waals surface area contributed by atoms with Crippen molar-refractivity contribution in [3.8, 4) is 5.75 Å². The Labute approximate surface area is 170 Å². The number of hydrogen-bond donors (Lipinski definition) is 3. The highest BCUT2D eigenvalue weighted by Gasteiger charge is 2.10. The molecule has 3 N–H and O–H groups in total. The van der Waals surface area contributed by atoms with E-state index in [0.717, 1.165) is 16.5 Å². The largest absolute Gasteiger partial charge is 0.497 e. The standard InChI is InChI=1S/C20H18N6O2S/c1-28-15-6-4-5-13(9-15)18(27)12-29-20-23-19(25-26-20)24-22-11-14-10-21-17-8-3-2-7-16(14)17/h2-11,21H,12H2,1H3,(H2,23,24,25,26)/b22-11+. The van der Waals surface area contributed by atoms with Crippen molar-refractivity contribution in [2.75, 3.05) is 18.3 Å². The highest BCUT2D eigenvalue weighted by molar-refractivity contribution is 7.99. The van der Waals surface area contributed by atoms with Gasteiger partial charge >= 0.3 is 0 Å². The van der Waals surface area contributed by atoms with Gasteiger partial charge in [-0.05, 0) is 18.2 Å². The van der Waals surface area contributed by atoms with Crippen LogP contribution in [-0.4, -0.2) is 45.0 Å². The SMILES string of the molecule is COc1cccc(C(=O)CSc2n[nH]c(N/N=C/c3c[nH]c4ccccc34)n2)c1. The third kappa shape index (κ3) is 4.46. The van der Waals surface area contributed by atoms with Crippen molar-refractivity contribution in [3.05, 3.63) is 65.9 Å². The van der Waals surface area contributed by atoms with Crippen molar-refractivity contribution in [2.24, 2.45) is 5.10 Å². The average molecular weight is 406 g/mol. The molecule has 0 spiro atoms. The average Bonchev–Trinajstić information content (AvgIpc) is 3.39. The number of hydrazone groups is 1. The Morgan fingerprint density at radius 3 is 3.07 bits per heavy atom. The number of benzene rings is 2. The van der Waals surface area contributed by atoms with Gasteiger partial charge in [0.25, 0.3) is 0 Å². The number of Topliss-reactive ketones (excluding diaryl/α,β-unsaturated/α-hetero) is 1. The summed E-state index contributed by atoms with van der Waals surface area (Å²) >= 11 is 1.25. The number of carbonyl (C=O) groups excluding carboxylic acids is 1. The van der Waals surface area contributed by atoms with Crippen molar-refractivity contribution in [1.29, 1.82) is 0 Å². The van der Waals surface area contributed by atoms with E-state index in [2.05, 4.69) is 30.7 Å². The van der Waals surface area contributed by atoms with Crippen LogP contribution in [0, 0.1) is 0 Å². The maximum absolute atomic E-state index is 12.3. The fourth-order valence-corrected chi connectivity index (χ4v) is 3.43.